The summed E-state index contributed by atoms with van der Waals surface area (Å²) in [5.74, 6) is 0.160. The summed E-state index contributed by atoms with van der Waals surface area (Å²) in [6.45, 7) is 2.88. The summed E-state index contributed by atoms with van der Waals surface area (Å²) in [5, 5.41) is 2.77. The van der Waals surface area contributed by atoms with Crippen LogP contribution in [0.25, 0.3) is 0 Å². The van der Waals surface area contributed by atoms with Crippen molar-refractivity contribution < 1.29 is 18.7 Å². The molecule has 1 heterocycles. The Kier molecular flexibility index (Phi) is 5.52. The number of carbonyl (C=O) groups excluding carboxylic acids is 1. The molecular formula is C15H21FN2O3. The second kappa shape index (κ2) is 7.38. The van der Waals surface area contributed by atoms with Crippen LogP contribution in [0.15, 0.2) is 12.1 Å². The SMILES string of the molecule is CCCC(N)C(=O)NCCc1cc(F)cc2c1OCOC2. The summed E-state index contributed by atoms with van der Waals surface area (Å²) in [5.41, 5.74) is 7.16. The molecule has 3 N–H and O–H groups in total. The van der Waals surface area contributed by atoms with E-state index >= 15 is 0 Å². The Morgan fingerprint density at radius 3 is 3.10 bits per heavy atom. The number of carbonyl (C=O) groups is 1. The molecule has 116 valence electrons. The van der Waals surface area contributed by atoms with Crippen molar-refractivity contribution in [2.45, 2.75) is 38.8 Å². The van der Waals surface area contributed by atoms with Crippen molar-refractivity contribution in [1.82, 2.24) is 5.32 Å². The lowest BCUT2D eigenvalue weighted by Crippen LogP contribution is -2.41. The number of amides is 1. The predicted molar refractivity (Wildman–Crippen MR) is 76.3 cm³/mol. The molecule has 1 aliphatic rings. The average molecular weight is 296 g/mol. The van der Waals surface area contributed by atoms with E-state index in [0.29, 0.717) is 37.3 Å². The van der Waals surface area contributed by atoms with E-state index in [-0.39, 0.29) is 18.5 Å². The molecule has 1 unspecified atom stereocenters. The van der Waals surface area contributed by atoms with E-state index in [2.05, 4.69) is 5.32 Å². The normalized spacial score (nSPS) is 15.0. The molecule has 6 heteroatoms. The summed E-state index contributed by atoms with van der Waals surface area (Å²) in [7, 11) is 0. The summed E-state index contributed by atoms with van der Waals surface area (Å²) in [6, 6.07) is 2.36. The number of halogens is 1. The van der Waals surface area contributed by atoms with E-state index in [9.17, 15) is 9.18 Å². The fourth-order valence-electron chi connectivity index (χ4n) is 2.34. The first-order valence-electron chi connectivity index (χ1n) is 7.17. The number of hydrogen-bond donors (Lipinski definition) is 2. The zero-order chi connectivity index (χ0) is 15.2. The first kappa shape index (κ1) is 15.7. The van der Waals surface area contributed by atoms with Gasteiger partial charge in [-0.3, -0.25) is 4.79 Å². The molecule has 0 saturated carbocycles. The Bertz CT molecular complexity index is 508. The topological polar surface area (TPSA) is 73.6 Å². The Labute approximate surface area is 123 Å². The largest absolute Gasteiger partial charge is 0.467 e. The van der Waals surface area contributed by atoms with Crippen molar-refractivity contribution in [3.63, 3.8) is 0 Å². The van der Waals surface area contributed by atoms with Gasteiger partial charge < -0.3 is 20.5 Å². The fourth-order valence-corrected chi connectivity index (χ4v) is 2.34. The van der Waals surface area contributed by atoms with Gasteiger partial charge in [-0.15, -0.1) is 0 Å². The Morgan fingerprint density at radius 1 is 1.52 bits per heavy atom. The van der Waals surface area contributed by atoms with Crippen LogP contribution in [-0.4, -0.2) is 25.3 Å². The molecule has 0 saturated heterocycles. The van der Waals surface area contributed by atoms with Gasteiger partial charge in [-0.05, 0) is 30.5 Å². The van der Waals surface area contributed by atoms with Gasteiger partial charge in [0.15, 0.2) is 6.79 Å². The minimum absolute atomic E-state index is 0.166. The molecule has 1 atom stereocenters. The van der Waals surface area contributed by atoms with Crippen molar-refractivity contribution in [2.75, 3.05) is 13.3 Å². The maximum atomic E-state index is 13.6. The average Bonchev–Trinajstić information content (AvgIpc) is 2.47. The summed E-state index contributed by atoms with van der Waals surface area (Å²) < 4.78 is 24.1. The molecule has 1 amide bonds. The van der Waals surface area contributed by atoms with Crippen molar-refractivity contribution >= 4 is 5.91 Å². The van der Waals surface area contributed by atoms with Gasteiger partial charge in [0.05, 0.1) is 12.6 Å². The number of ether oxygens (including phenoxy) is 2. The summed E-state index contributed by atoms with van der Waals surface area (Å²) in [6.07, 6.45) is 2.01. The fraction of sp³-hybridized carbons (Fsp3) is 0.533. The Hall–Kier alpha value is -1.66. The maximum absolute atomic E-state index is 13.6. The molecule has 0 aromatic heterocycles. The van der Waals surface area contributed by atoms with Crippen molar-refractivity contribution in [2.24, 2.45) is 5.73 Å². The molecule has 1 aromatic carbocycles. The molecule has 0 fully saturated rings. The van der Waals surface area contributed by atoms with Gasteiger partial charge in [-0.1, -0.05) is 13.3 Å². The van der Waals surface area contributed by atoms with Crippen LogP contribution in [-0.2, 0) is 22.6 Å². The van der Waals surface area contributed by atoms with Crippen molar-refractivity contribution in [1.29, 1.82) is 0 Å². The number of nitrogens with one attached hydrogen (secondary N) is 1. The smallest absolute Gasteiger partial charge is 0.236 e. The summed E-state index contributed by atoms with van der Waals surface area (Å²) in [4.78, 5) is 11.7. The third kappa shape index (κ3) is 4.15. The number of hydrogen-bond acceptors (Lipinski definition) is 4. The number of fused-ring (bicyclic) bond motifs is 1. The highest BCUT2D eigenvalue weighted by atomic mass is 19.1. The zero-order valence-electron chi connectivity index (χ0n) is 12.2. The minimum Gasteiger partial charge on any atom is -0.467 e. The van der Waals surface area contributed by atoms with Crippen LogP contribution in [0, 0.1) is 5.82 Å². The highest BCUT2D eigenvalue weighted by Gasteiger charge is 2.17. The van der Waals surface area contributed by atoms with Crippen LogP contribution < -0.4 is 15.8 Å². The van der Waals surface area contributed by atoms with Crippen LogP contribution in [0.3, 0.4) is 0 Å². The number of rotatable bonds is 6. The highest BCUT2D eigenvalue weighted by molar-refractivity contribution is 5.81. The lowest BCUT2D eigenvalue weighted by atomic mass is 10.1. The third-order valence-corrected chi connectivity index (χ3v) is 3.38. The van der Waals surface area contributed by atoms with Crippen LogP contribution in [0.2, 0.25) is 0 Å². The first-order valence-corrected chi connectivity index (χ1v) is 7.17. The highest BCUT2D eigenvalue weighted by Crippen LogP contribution is 2.29. The van der Waals surface area contributed by atoms with Gasteiger partial charge in [-0.2, -0.15) is 0 Å². The van der Waals surface area contributed by atoms with Crippen LogP contribution >= 0.6 is 0 Å². The molecule has 0 spiro atoms. The molecule has 5 nitrogen and oxygen atoms in total. The Balaban J connectivity index is 1.94. The van der Waals surface area contributed by atoms with E-state index in [1.54, 1.807) is 0 Å². The molecular weight excluding hydrogens is 275 g/mol. The first-order chi connectivity index (χ1) is 10.1. The molecule has 21 heavy (non-hydrogen) atoms. The summed E-state index contributed by atoms with van der Waals surface area (Å²) >= 11 is 0. The predicted octanol–water partition coefficient (Wildman–Crippen LogP) is 1.48. The molecule has 1 aliphatic heterocycles. The van der Waals surface area contributed by atoms with Gasteiger partial charge in [0, 0.05) is 12.1 Å². The van der Waals surface area contributed by atoms with Crippen LogP contribution in [0.1, 0.15) is 30.9 Å². The molecule has 2 rings (SSSR count). The monoisotopic (exact) mass is 296 g/mol. The lowest BCUT2D eigenvalue weighted by Gasteiger charge is -2.21. The molecule has 0 bridgehead atoms. The number of nitrogens with two attached hydrogens (primary N) is 1. The third-order valence-electron chi connectivity index (χ3n) is 3.38. The van der Waals surface area contributed by atoms with Crippen LogP contribution in [0.4, 0.5) is 4.39 Å². The van der Waals surface area contributed by atoms with E-state index in [0.717, 1.165) is 12.0 Å². The van der Waals surface area contributed by atoms with E-state index in [1.165, 1.54) is 12.1 Å². The second-order valence-electron chi connectivity index (χ2n) is 5.10. The van der Waals surface area contributed by atoms with Gasteiger partial charge in [-0.25, -0.2) is 4.39 Å². The quantitative estimate of drug-likeness (QED) is 0.834. The number of benzene rings is 1. The maximum Gasteiger partial charge on any atom is 0.236 e. The zero-order valence-corrected chi connectivity index (χ0v) is 12.2. The van der Waals surface area contributed by atoms with Gasteiger partial charge in [0.2, 0.25) is 5.91 Å². The standard InChI is InChI=1S/C15H21FN2O3/c1-2-3-13(17)15(19)18-5-4-10-6-12(16)7-11-8-20-9-21-14(10)11/h6-7,13H,2-5,8-9,17H2,1H3,(H,18,19). The van der Waals surface area contributed by atoms with E-state index in [4.69, 9.17) is 15.2 Å². The van der Waals surface area contributed by atoms with Gasteiger partial charge >= 0.3 is 0 Å². The van der Waals surface area contributed by atoms with E-state index in [1.807, 2.05) is 6.92 Å². The minimum atomic E-state index is -0.485. The van der Waals surface area contributed by atoms with Crippen molar-refractivity contribution in [3.8, 4) is 5.75 Å². The molecule has 0 radical (unpaired) electrons. The lowest BCUT2D eigenvalue weighted by molar-refractivity contribution is -0.122. The van der Waals surface area contributed by atoms with Crippen molar-refractivity contribution in [3.05, 3.63) is 29.1 Å². The Morgan fingerprint density at radius 2 is 2.33 bits per heavy atom. The van der Waals surface area contributed by atoms with Gasteiger partial charge in [0.25, 0.3) is 0 Å². The van der Waals surface area contributed by atoms with E-state index < -0.39 is 6.04 Å². The van der Waals surface area contributed by atoms with Crippen LogP contribution in [0.5, 0.6) is 5.75 Å². The van der Waals surface area contributed by atoms with Gasteiger partial charge in [0.1, 0.15) is 11.6 Å². The second-order valence-corrected chi connectivity index (χ2v) is 5.10. The molecule has 0 aliphatic carbocycles. The molecule has 1 aromatic rings.